The van der Waals surface area contributed by atoms with Crippen molar-refractivity contribution in [3.05, 3.63) is 39.7 Å². The molecule has 0 aliphatic heterocycles. The van der Waals surface area contributed by atoms with Crippen LogP contribution in [0.5, 0.6) is 5.75 Å². The Morgan fingerprint density at radius 2 is 1.83 bits per heavy atom. The van der Waals surface area contributed by atoms with E-state index in [1.54, 1.807) is 25.1 Å². The number of phenols is 1. The molecule has 1 aromatic rings. The second-order valence-electron chi connectivity index (χ2n) is 13.2. The fraction of sp³-hybridized carbons (Fsp3) is 0.567. The summed E-state index contributed by atoms with van der Waals surface area (Å²) in [6.07, 6.45) is 1.44. The van der Waals surface area contributed by atoms with Crippen LogP contribution in [0.15, 0.2) is 23.0 Å². The molecule has 3 aliphatic rings. The number of ketones is 1. The first-order valence-corrected chi connectivity index (χ1v) is 13.9. The van der Waals surface area contributed by atoms with E-state index in [9.17, 15) is 30.0 Å². The van der Waals surface area contributed by atoms with Gasteiger partial charge >= 0.3 is 210 Å². The zero-order valence-corrected chi connectivity index (χ0v) is 25.0. The van der Waals surface area contributed by atoms with Crippen molar-refractivity contribution in [2.75, 3.05) is 39.6 Å². The number of carbonyl (C=O) groups excluding carboxylic acids is 2. The SMILES string of the molecule is [B]=C1C(C(N)=O)=C(O)[C@@H](N(C)C)[C@@H]2C[C@@H]3Cc4c(c(O)cc(CNCCC(C)(C)C)c4N(C)C)C(O)=C3C(=O)[C@]12O. The number of benzene rings is 1. The van der Waals surface area contributed by atoms with Gasteiger partial charge in [0.25, 0.3) is 0 Å². The summed E-state index contributed by atoms with van der Waals surface area (Å²) in [6, 6.07) is 0.666. The number of phenolic OH excluding ortho intramolecular Hbond substituents is 1. The molecule has 0 aromatic heterocycles. The predicted molar refractivity (Wildman–Crippen MR) is 160 cm³/mol. The molecule has 1 aromatic carbocycles. The molecular formula is C30H42BN4O6. The molecule has 0 bridgehead atoms. The molecule has 4 atom stereocenters. The van der Waals surface area contributed by atoms with Crippen LogP contribution in [0.3, 0.4) is 0 Å². The normalized spacial score (nSPS) is 26.2. The summed E-state index contributed by atoms with van der Waals surface area (Å²) >= 11 is 0. The van der Waals surface area contributed by atoms with Crippen LogP contribution in [-0.4, -0.2) is 96.3 Å². The first-order chi connectivity index (χ1) is 18.9. The van der Waals surface area contributed by atoms with E-state index in [0.717, 1.165) is 24.2 Å². The Balaban J connectivity index is 1.84. The number of nitrogens with two attached hydrogens (primary N) is 1. The van der Waals surface area contributed by atoms with E-state index in [-0.39, 0.29) is 28.7 Å². The van der Waals surface area contributed by atoms with E-state index in [2.05, 4.69) is 26.1 Å². The van der Waals surface area contributed by atoms with Crippen LogP contribution in [0.25, 0.3) is 5.76 Å². The third-order valence-electron chi connectivity index (χ3n) is 8.69. The summed E-state index contributed by atoms with van der Waals surface area (Å²) in [7, 11) is 13.3. The van der Waals surface area contributed by atoms with Crippen LogP contribution in [0.4, 0.5) is 5.69 Å². The number of Topliss-reactive ketones (excluding diaryl/α,β-unsaturated/α-hetero) is 1. The van der Waals surface area contributed by atoms with Crippen molar-refractivity contribution >= 4 is 36.1 Å². The molecule has 1 amide bonds. The van der Waals surface area contributed by atoms with Gasteiger partial charge in [-0.1, -0.05) is 20.8 Å². The molecule has 41 heavy (non-hydrogen) atoms. The number of likely N-dealkylation sites (N-methyl/N-ethyl adjacent to an activating group) is 1. The van der Waals surface area contributed by atoms with E-state index in [1.807, 2.05) is 19.0 Å². The van der Waals surface area contributed by atoms with Crippen molar-refractivity contribution in [2.45, 2.75) is 58.2 Å². The molecule has 0 heterocycles. The van der Waals surface area contributed by atoms with Gasteiger partial charge in [0, 0.05) is 0 Å². The Labute approximate surface area is 242 Å². The molecule has 11 heteroatoms. The fourth-order valence-electron chi connectivity index (χ4n) is 6.84. The van der Waals surface area contributed by atoms with E-state index in [0.29, 0.717) is 18.5 Å². The van der Waals surface area contributed by atoms with Crippen LogP contribution < -0.4 is 16.0 Å². The summed E-state index contributed by atoms with van der Waals surface area (Å²) in [5, 5.41) is 49.1. The minimum absolute atomic E-state index is 0.0574. The average Bonchev–Trinajstić information content (AvgIpc) is 2.82. The van der Waals surface area contributed by atoms with Gasteiger partial charge in [-0.25, -0.2) is 0 Å². The van der Waals surface area contributed by atoms with Crippen molar-refractivity contribution < 1.29 is 30.0 Å². The summed E-state index contributed by atoms with van der Waals surface area (Å²) in [5.74, 6) is -4.39. The standard InChI is InChI=1S/C30H42BN4O6/c1-29(2,3)8-9-33-13-15-12-18(36)20-16(22(15)34(4)5)10-14-11-17-23(35(6)7)25(38)21(28(32)40)26(31)30(17,41)27(39)19(14)24(20)37/h12,14,17,23,33,36-38,41H,8-11,13H2,1-7H3,(H2,32,40)/t14-,17-,23-,30+/m0/s1. The van der Waals surface area contributed by atoms with Crippen LogP contribution in [-0.2, 0) is 22.6 Å². The Hall–Kier alpha value is -3.15. The Morgan fingerprint density at radius 1 is 1.20 bits per heavy atom. The molecule has 10 nitrogen and oxygen atoms in total. The number of rotatable bonds is 7. The molecular weight excluding hydrogens is 523 g/mol. The number of aromatic hydroxyl groups is 1. The van der Waals surface area contributed by atoms with E-state index in [1.165, 1.54) is 0 Å². The van der Waals surface area contributed by atoms with E-state index >= 15 is 0 Å². The van der Waals surface area contributed by atoms with Gasteiger partial charge in [0.2, 0.25) is 0 Å². The van der Waals surface area contributed by atoms with Gasteiger partial charge in [-0.15, -0.1) is 0 Å². The number of aliphatic hydroxyl groups is 3. The Bertz CT molecular complexity index is 1380. The van der Waals surface area contributed by atoms with Gasteiger partial charge in [0.15, 0.2) is 0 Å². The third-order valence-corrected chi connectivity index (χ3v) is 8.69. The van der Waals surface area contributed by atoms with Crippen LogP contribution in [0, 0.1) is 17.3 Å². The predicted octanol–water partition coefficient (Wildman–Crippen LogP) is 1.33. The van der Waals surface area contributed by atoms with Crippen molar-refractivity contribution in [1.29, 1.82) is 0 Å². The van der Waals surface area contributed by atoms with Gasteiger partial charge < -0.3 is 0 Å². The van der Waals surface area contributed by atoms with Gasteiger partial charge in [0.05, 0.1) is 0 Å². The quantitative estimate of drug-likeness (QED) is 0.212. The third kappa shape index (κ3) is 4.98. The molecule has 3 aliphatic carbocycles. The van der Waals surface area contributed by atoms with Crippen molar-refractivity contribution in [3.8, 4) is 5.75 Å². The minimum atomic E-state index is -2.39. The molecule has 1 fully saturated rings. The topological polar surface area (TPSA) is 160 Å². The monoisotopic (exact) mass is 565 g/mol. The number of fused-ring (bicyclic) bond motifs is 3. The number of anilines is 1. The molecule has 7 N–H and O–H groups in total. The molecule has 1 saturated carbocycles. The van der Waals surface area contributed by atoms with Gasteiger partial charge in [-0.2, -0.15) is 0 Å². The number of amides is 1. The number of nitrogens with zero attached hydrogens (tertiary/aromatic N) is 2. The molecule has 4 rings (SSSR count). The number of nitrogens with one attached hydrogen (secondary N) is 1. The molecule has 221 valence electrons. The summed E-state index contributed by atoms with van der Waals surface area (Å²) in [6.45, 7) is 7.80. The molecule has 0 spiro atoms. The maximum atomic E-state index is 14.1. The summed E-state index contributed by atoms with van der Waals surface area (Å²) < 4.78 is 0. The van der Waals surface area contributed by atoms with Crippen LogP contribution >= 0.6 is 0 Å². The van der Waals surface area contributed by atoms with E-state index < -0.39 is 57.7 Å². The average molecular weight is 566 g/mol. The summed E-state index contributed by atoms with van der Waals surface area (Å²) in [4.78, 5) is 29.9. The van der Waals surface area contributed by atoms with Gasteiger partial charge in [-0.05, 0) is 11.8 Å². The maximum absolute atomic E-state index is 14.1. The first-order valence-electron chi connectivity index (χ1n) is 13.9. The number of primary amides is 1. The number of hydrogen-bond donors (Lipinski definition) is 6. The van der Waals surface area contributed by atoms with E-state index in [4.69, 9.17) is 13.2 Å². The van der Waals surface area contributed by atoms with Crippen LogP contribution in [0.2, 0.25) is 0 Å². The van der Waals surface area contributed by atoms with Crippen LogP contribution in [0.1, 0.15) is 50.3 Å². The van der Waals surface area contributed by atoms with Gasteiger partial charge in [0.1, 0.15) is 0 Å². The number of aliphatic hydroxyl groups excluding tert-OH is 2. The number of carbonyl (C=O) groups is 2. The zero-order valence-electron chi connectivity index (χ0n) is 25.0. The van der Waals surface area contributed by atoms with Gasteiger partial charge in [-0.3, -0.25) is 0 Å². The molecule has 1 radical (unpaired) electrons. The zero-order chi connectivity index (χ0) is 30.8. The van der Waals surface area contributed by atoms with Crippen molar-refractivity contribution in [1.82, 2.24) is 10.2 Å². The Morgan fingerprint density at radius 3 is 2.37 bits per heavy atom. The van der Waals surface area contributed by atoms with Crippen molar-refractivity contribution in [3.63, 3.8) is 0 Å². The summed E-state index contributed by atoms with van der Waals surface area (Å²) in [5.41, 5.74) is 4.71. The second-order valence-corrected chi connectivity index (χ2v) is 13.2. The van der Waals surface area contributed by atoms with Crippen molar-refractivity contribution in [2.24, 2.45) is 23.0 Å². The molecule has 0 saturated heterocycles. The Kier molecular flexibility index (Phi) is 7.96. The molecule has 0 unspecified atom stereocenters. The number of hydrogen-bond acceptors (Lipinski definition) is 9. The first kappa shape index (κ1) is 30.8. The second kappa shape index (κ2) is 10.6. The fourth-order valence-corrected chi connectivity index (χ4v) is 6.84.